The van der Waals surface area contributed by atoms with Crippen molar-refractivity contribution in [1.82, 2.24) is 9.71 Å². The lowest BCUT2D eigenvalue weighted by molar-refractivity contribution is 0.581. The summed E-state index contributed by atoms with van der Waals surface area (Å²) in [5, 5.41) is 0.149. The van der Waals surface area contributed by atoms with Gasteiger partial charge in [-0.1, -0.05) is 17.7 Å². The van der Waals surface area contributed by atoms with E-state index in [0.29, 0.717) is 5.69 Å². The molecule has 2 rings (SSSR count). The summed E-state index contributed by atoms with van der Waals surface area (Å²) in [4.78, 5) is 3.90. The first-order valence-corrected chi connectivity index (χ1v) is 7.70. The maximum atomic E-state index is 12.2. The topological polar surface area (TPSA) is 85.1 Å². The number of aromatic nitrogens is 1. The molecule has 1 heterocycles. The van der Waals surface area contributed by atoms with Crippen molar-refractivity contribution in [3.8, 4) is 0 Å². The molecule has 20 heavy (non-hydrogen) atoms. The van der Waals surface area contributed by atoms with Crippen LogP contribution in [0.2, 0.25) is 5.02 Å². The zero-order valence-electron chi connectivity index (χ0n) is 10.8. The van der Waals surface area contributed by atoms with Crippen LogP contribution >= 0.6 is 11.6 Å². The van der Waals surface area contributed by atoms with Crippen molar-refractivity contribution < 1.29 is 8.42 Å². The Morgan fingerprint density at radius 1 is 1.40 bits per heavy atom. The van der Waals surface area contributed by atoms with Gasteiger partial charge in [-0.25, -0.2) is 13.1 Å². The maximum Gasteiger partial charge on any atom is 0.242 e. The summed E-state index contributed by atoms with van der Waals surface area (Å²) in [6.45, 7) is 1.90. The number of nitrogens with one attached hydrogen (secondary N) is 1. The lowest BCUT2D eigenvalue weighted by Gasteiger charge is -2.10. The number of pyridine rings is 1. The molecule has 1 aromatic heterocycles. The smallest absolute Gasteiger partial charge is 0.242 e. The van der Waals surface area contributed by atoms with Gasteiger partial charge in [-0.05, 0) is 36.2 Å². The van der Waals surface area contributed by atoms with E-state index in [9.17, 15) is 8.42 Å². The molecule has 7 heteroatoms. The number of halogens is 1. The van der Waals surface area contributed by atoms with Gasteiger partial charge < -0.3 is 5.73 Å². The molecule has 0 aliphatic heterocycles. The molecule has 0 radical (unpaired) electrons. The van der Waals surface area contributed by atoms with Gasteiger partial charge in [0.15, 0.2) is 0 Å². The third kappa shape index (κ3) is 3.27. The van der Waals surface area contributed by atoms with Gasteiger partial charge in [0, 0.05) is 24.6 Å². The first-order valence-electron chi connectivity index (χ1n) is 5.84. The van der Waals surface area contributed by atoms with E-state index < -0.39 is 10.0 Å². The quantitative estimate of drug-likeness (QED) is 0.847. The van der Waals surface area contributed by atoms with Crippen molar-refractivity contribution in [2.75, 3.05) is 5.73 Å². The molecule has 5 nitrogen and oxygen atoms in total. The van der Waals surface area contributed by atoms with Crippen LogP contribution in [0.1, 0.15) is 11.1 Å². The Labute approximate surface area is 122 Å². The summed E-state index contributed by atoms with van der Waals surface area (Å²) < 4.78 is 26.9. The van der Waals surface area contributed by atoms with Crippen molar-refractivity contribution in [2.45, 2.75) is 18.4 Å². The third-order valence-electron chi connectivity index (χ3n) is 2.80. The SMILES string of the molecule is Cc1cc(Cl)c(S(=O)(=O)NCc2cccnc2)cc1N. The van der Waals surface area contributed by atoms with Crippen molar-refractivity contribution >= 4 is 27.3 Å². The predicted octanol–water partition coefficient (Wildman–Crippen LogP) is 2.10. The van der Waals surface area contributed by atoms with Crippen LogP contribution in [0.3, 0.4) is 0 Å². The maximum absolute atomic E-state index is 12.2. The minimum Gasteiger partial charge on any atom is -0.398 e. The van der Waals surface area contributed by atoms with Crippen LogP contribution in [0, 0.1) is 6.92 Å². The molecular formula is C13H14ClN3O2S. The zero-order valence-corrected chi connectivity index (χ0v) is 12.4. The van der Waals surface area contributed by atoms with Crippen LogP contribution in [0.15, 0.2) is 41.6 Å². The molecule has 0 saturated heterocycles. The monoisotopic (exact) mass is 311 g/mol. The molecule has 0 saturated carbocycles. The van der Waals surface area contributed by atoms with Gasteiger partial charge in [-0.15, -0.1) is 0 Å². The van der Waals surface area contributed by atoms with E-state index >= 15 is 0 Å². The second kappa shape index (κ2) is 5.78. The van der Waals surface area contributed by atoms with Crippen LogP contribution in [0.5, 0.6) is 0 Å². The molecule has 3 N–H and O–H groups in total. The number of sulfonamides is 1. The van der Waals surface area contributed by atoms with Gasteiger partial charge in [0.05, 0.1) is 5.02 Å². The Morgan fingerprint density at radius 3 is 2.80 bits per heavy atom. The Hall–Kier alpha value is -1.63. The fraction of sp³-hybridized carbons (Fsp3) is 0.154. The van der Waals surface area contributed by atoms with Crippen LogP contribution in [0.4, 0.5) is 5.69 Å². The molecule has 0 bridgehead atoms. The second-order valence-corrected chi connectivity index (χ2v) is 6.47. The van der Waals surface area contributed by atoms with Crippen LogP contribution in [-0.2, 0) is 16.6 Å². The summed E-state index contributed by atoms with van der Waals surface area (Å²) >= 11 is 5.98. The normalized spacial score (nSPS) is 11.5. The van der Waals surface area contributed by atoms with Gasteiger partial charge in [0.25, 0.3) is 0 Å². The highest BCUT2D eigenvalue weighted by Crippen LogP contribution is 2.26. The van der Waals surface area contributed by atoms with E-state index in [0.717, 1.165) is 11.1 Å². The number of benzene rings is 1. The number of aryl methyl sites for hydroxylation is 1. The molecule has 0 aliphatic rings. The van der Waals surface area contributed by atoms with Gasteiger partial charge in [0.1, 0.15) is 4.90 Å². The number of nitrogens with two attached hydrogens (primary N) is 1. The highest BCUT2D eigenvalue weighted by molar-refractivity contribution is 7.89. The van der Waals surface area contributed by atoms with Crippen molar-refractivity contribution in [2.24, 2.45) is 0 Å². The van der Waals surface area contributed by atoms with Crippen LogP contribution in [0.25, 0.3) is 0 Å². The third-order valence-corrected chi connectivity index (χ3v) is 4.67. The highest BCUT2D eigenvalue weighted by Gasteiger charge is 2.18. The molecule has 0 unspecified atom stereocenters. The fourth-order valence-corrected chi connectivity index (χ4v) is 3.27. The number of hydrogen-bond donors (Lipinski definition) is 2. The molecule has 0 spiro atoms. The van der Waals surface area contributed by atoms with E-state index in [-0.39, 0.29) is 16.5 Å². The van der Waals surface area contributed by atoms with E-state index in [4.69, 9.17) is 17.3 Å². The largest absolute Gasteiger partial charge is 0.398 e. The van der Waals surface area contributed by atoms with Crippen molar-refractivity contribution in [1.29, 1.82) is 0 Å². The number of anilines is 1. The van der Waals surface area contributed by atoms with Crippen molar-refractivity contribution in [3.63, 3.8) is 0 Å². The zero-order chi connectivity index (χ0) is 14.8. The summed E-state index contributed by atoms with van der Waals surface area (Å²) in [7, 11) is -3.72. The molecule has 106 valence electrons. The molecular weight excluding hydrogens is 298 g/mol. The standard InChI is InChI=1S/C13H14ClN3O2S/c1-9-5-11(14)13(6-12(9)15)20(18,19)17-8-10-3-2-4-16-7-10/h2-7,17H,8,15H2,1H3. The highest BCUT2D eigenvalue weighted by atomic mass is 35.5. The Kier molecular flexibility index (Phi) is 4.27. The van der Waals surface area contributed by atoms with Crippen LogP contribution < -0.4 is 10.5 Å². The first kappa shape index (κ1) is 14.8. The number of rotatable bonds is 4. The van der Waals surface area contributed by atoms with Gasteiger partial charge in [0.2, 0.25) is 10.0 Å². The van der Waals surface area contributed by atoms with Gasteiger partial charge in [-0.2, -0.15) is 0 Å². The minimum atomic E-state index is -3.72. The minimum absolute atomic E-state index is 0.0221. The van der Waals surface area contributed by atoms with E-state index in [1.165, 1.54) is 12.1 Å². The summed E-state index contributed by atoms with van der Waals surface area (Å²) in [6, 6.07) is 6.42. The lowest BCUT2D eigenvalue weighted by atomic mass is 10.2. The average molecular weight is 312 g/mol. The van der Waals surface area contributed by atoms with Crippen LogP contribution in [-0.4, -0.2) is 13.4 Å². The number of nitrogens with zero attached hydrogens (tertiary/aromatic N) is 1. The molecule has 1 aromatic carbocycles. The fourth-order valence-electron chi connectivity index (χ4n) is 1.63. The second-order valence-electron chi connectivity index (χ2n) is 4.33. The van der Waals surface area contributed by atoms with Gasteiger partial charge in [-0.3, -0.25) is 4.98 Å². The lowest BCUT2D eigenvalue weighted by Crippen LogP contribution is -2.23. The summed E-state index contributed by atoms with van der Waals surface area (Å²) in [6.07, 6.45) is 3.21. The average Bonchev–Trinajstić information content (AvgIpc) is 2.42. The van der Waals surface area contributed by atoms with E-state index in [1.807, 2.05) is 0 Å². The summed E-state index contributed by atoms with van der Waals surface area (Å²) in [5.41, 5.74) is 7.61. The Balaban J connectivity index is 2.25. The van der Waals surface area contributed by atoms with Crippen molar-refractivity contribution in [3.05, 3.63) is 52.8 Å². The summed E-state index contributed by atoms with van der Waals surface area (Å²) in [5.74, 6) is 0. The number of nitrogen functional groups attached to an aromatic ring is 1. The predicted molar refractivity (Wildman–Crippen MR) is 78.9 cm³/mol. The molecule has 0 aliphatic carbocycles. The number of hydrogen-bond acceptors (Lipinski definition) is 4. The van der Waals surface area contributed by atoms with E-state index in [2.05, 4.69) is 9.71 Å². The Bertz CT molecular complexity index is 718. The molecule has 0 amide bonds. The molecule has 0 fully saturated rings. The molecule has 2 aromatic rings. The van der Waals surface area contributed by atoms with Gasteiger partial charge >= 0.3 is 0 Å². The van der Waals surface area contributed by atoms with E-state index in [1.54, 1.807) is 31.5 Å². The first-order chi connectivity index (χ1) is 9.40. The Morgan fingerprint density at radius 2 is 2.15 bits per heavy atom. The molecule has 0 atom stereocenters.